The third-order valence-electron chi connectivity index (χ3n) is 2.83. The number of pyridine rings is 1. The van der Waals surface area contributed by atoms with Crippen molar-refractivity contribution in [3.8, 4) is 0 Å². The average molecular weight is 254 g/mol. The van der Waals surface area contributed by atoms with Crippen LogP contribution in [0, 0.1) is 11.7 Å². The number of hydrogen-bond acceptors (Lipinski definition) is 3. The van der Waals surface area contributed by atoms with E-state index in [4.69, 9.17) is 0 Å². The van der Waals surface area contributed by atoms with Gasteiger partial charge in [-0.3, -0.25) is 4.98 Å². The zero-order valence-corrected chi connectivity index (χ0v) is 11.6. The second-order valence-corrected chi connectivity index (χ2v) is 5.60. The maximum absolute atomic E-state index is 12.7. The molecule has 0 aliphatic heterocycles. The molecule has 2 N–H and O–H groups in total. The minimum absolute atomic E-state index is 0.00997. The number of rotatable bonds is 6. The van der Waals surface area contributed by atoms with Crippen LogP contribution in [-0.4, -0.2) is 22.2 Å². The molecule has 4 heteroatoms. The van der Waals surface area contributed by atoms with Crippen LogP contribution in [0.2, 0.25) is 0 Å². The SMILES string of the molecule is CC(C)CC(C)(O)CNC(C)c1ccc(F)cn1. The largest absolute Gasteiger partial charge is 0.389 e. The molecule has 0 bridgehead atoms. The van der Waals surface area contributed by atoms with E-state index in [2.05, 4.69) is 24.1 Å². The van der Waals surface area contributed by atoms with E-state index in [1.54, 1.807) is 6.07 Å². The summed E-state index contributed by atoms with van der Waals surface area (Å²) in [6.45, 7) is 8.43. The Morgan fingerprint density at radius 3 is 2.56 bits per heavy atom. The summed E-state index contributed by atoms with van der Waals surface area (Å²) in [5, 5.41) is 13.4. The summed E-state index contributed by atoms with van der Waals surface area (Å²) in [5.41, 5.74) is 0.0411. The average Bonchev–Trinajstić information content (AvgIpc) is 2.25. The maximum Gasteiger partial charge on any atom is 0.141 e. The fourth-order valence-electron chi connectivity index (χ4n) is 2.07. The van der Waals surface area contributed by atoms with E-state index < -0.39 is 5.60 Å². The van der Waals surface area contributed by atoms with Gasteiger partial charge in [-0.25, -0.2) is 4.39 Å². The molecule has 0 aliphatic rings. The van der Waals surface area contributed by atoms with Crippen molar-refractivity contribution in [1.82, 2.24) is 10.3 Å². The van der Waals surface area contributed by atoms with Gasteiger partial charge in [0.05, 0.1) is 17.5 Å². The lowest BCUT2D eigenvalue weighted by atomic mass is 9.94. The molecule has 1 rings (SSSR count). The molecule has 0 spiro atoms. The predicted molar refractivity (Wildman–Crippen MR) is 70.7 cm³/mol. The minimum Gasteiger partial charge on any atom is -0.389 e. The second-order valence-electron chi connectivity index (χ2n) is 5.60. The van der Waals surface area contributed by atoms with Crippen molar-refractivity contribution in [3.63, 3.8) is 0 Å². The molecule has 0 saturated heterocycles. The second kappa shape index (κ2) is 6.25. The molecule has 1 aromatic rings. The van der Waals surface area contributed by atoms with Crippen LogP contribution in [0.4, 0.5) is 4.39 Å². The molecule has 1 aromatic heterocycles. The first-order chi connectivity index (χ1) is 8.30. The van der Waals surface area contributed by atoms with Crippen molar-refractivity contribution < 1.29 is 9.50 Å². The highest BCUT2D eigenvalue weighted by Gasteiger charge is 2.22. The van der Waals surface area contributed by atoms with E-state index in [-0.39, 0.29) is 11.9 Å². The number of aliphatic hydroxyl groups is 1. The van der Waals surface area contributed by atoms with E-state index in [1.165, 1.54) is 12.3 Å². The summed E-state index contributed by atoms with van der Waals surface area (Å²) in [5.74, 6) is 0.110. The summed E-state index contributed by atoms with van der Waals surface area (Å²) in [4.78, 5) is 4.02. The van der Waals surface area contributed by atoms with Gasteiger partial charge in [-0.1, -0.05) is 13.8 Å². The first kappa shape index (κ1) is 15.1. The molecule has 0 fully saturated rings. The van der Waals surface area contributed by atoms with Gasteiger partial charge >= 0.3 is 0 Å². The van der Waals surface area contributed by atoms with E-state index in [1.807, 2.05) is 13.8 Å². The highest BCUT2D eigenvalue weighted by atomic mass is 19.1. The summed E-state index contributed by atoms with van der Waals surface area (Å²) in [7, 11) is 0. The lowest BCUT2D eigenvalue weighted by molar-refractivity contribution is 0.0362. The van der Waals surface area contributed by atoms with Crippen LogP contribution >= 0.6 is 0 Å². The molecule has 18 heavy (non-hydrogen) atoms. The van der Waals surface area contributed by atoms with Crippen molar-refractivity contribution in [2.24, 2.45) is 5.92 Å². The normalized spacial score (nSPS) is 16.6. The predicted octanol–water partition coefficient (Wildman–Crippen LogP) is 2.67. The number of aromatic nitrogens is 1. The highest BCUT2D eigenvalue weighted by Crippen LogP contribution is 2.17. The van der Waals surface area contributed by atoms with Crippen LogP contribution in [-0.2, 0) is 0 Å². The Bertz CT molecular complexity index is 363. The lowest BCUT2D eigenvalue weighted by Gasteiger charge is -2.27. The summed E-state index contributed by atoms with van der Waals surface area (Å²) in [6, 6.07) is 3.04. The smallest absolute Gasteiger partial charge is 0.141 e. The molecule has 3 nitrogen and oxygen atoms in total. The van der Waals surface area contributed by atoms with Gasteiger partial charge in [0.25, 0.3) is 0 Å². The molecule has 0 aliphatic carbocycles. The van der Waals surface area contributed by atoms with Gasteiger partial charge in [-0.05, 0) is 38.3 Å². The van der Waals surface area contributed by atoms with Gasteiger partial charge in [0.15, 0.2) is 0 Å². The van der Waals surface area contributed by atoms with Crippen LogP contribution in [0.3, 0.4) is 0 Å². The Morgan fingerprint density at radius 2 is 2.06 bits per heavy atom. The van der Waals surface area contributed by atoms with Gasteiger partial charge in [0, 0.05) is 12.6 Å². The van der Waals surface area contributed by atoms with Crippen LogP contribution in [0.15, 0.2) is 18.3 Å². The third kappa shape index (κ3) is 5.10. The molecule has 0 saturated carbocycles. The zero-order chi connectivity index (χ0) is 13.8. The van der Waals surface area contributed by atoms with Gasteiger partial charge in [-0.15, -0.1) is 0 Å². The standard InChI is InChI=1S/C14H23FN2O/c1-10(2)7-14(4,18)9-17-11(3)13-6-5-12(15)8-16-13/h5-6,8,10-11,17-18H,7,9H2,1-4H3. The van der Waals surface area contributed by atoms with Crippen molar-refractivity contribution in [3.05, 3.63) is 29.8 Å². The summed E-state index contributed by atoms with van der Waals surface area (Å²) < 4.78 is 12.7. The molecule has 102 valence electrons. The molecule has 0 radical (unpaired) electrons. The molecule has 1 heterocycles. The molecule has 0 amide bonds. The first-order valence-electron chi connectivity index (χ1n) is 6.37. The highest BCUT2D eigenvalue weighted by molar-refractivity contribution is 5.09. The van der Waals surface area contributed by atoms with Gasteiger partial charge < -0.3 is 10.4 Å². The fraction of sp³-hybridized carbons (Fsp3) is 0.643. The van der Waals surface area contributed by atoms with Gasteiger partial charge in [-0.2, -0.15) is 0 Å². The fourth-order valence-corrected chi connectivity index (χ4v) is 2.07. The van der Waals surface area contributed by atoms with Gasteiger partial charge in [0.1, 0.15) is 5.82 Å². The molecule has 0 aromatic carbocycles. The van der Waals surface area contributed by atoms with Crippen molar-refractivity contribution >= 4 is 0 Å². The maximum atomic E-state index is 12.7. The molecular formula is C14H23FN2O. The van der Waals surface area contributed by atoms with E-state index in [9.17, 15) is 9.50 Å². The quantitative estimate of drug-likeness (QED) is 0.820. The van der Waals surface area contributed by atoms with E-state index in [0.29, 0.717) is 12.5 Å². The van der Waals surface area contributed by atoms with E-state index >= 15 is 0 Å². The number of nitrogens with one attached hydrogen (secondary N) is 1. The Labute approximate surface area is 108 Å². The van der Waals surface area contributed by atoms with Crippen LogP contribution in [0.5, 0.6) is 0 Å². The Kier molecular flexibility index (Phi) is 5.23. The Hall–Kier alpha value is -1.00. The van der Waals surface area contributed by atoms with E-state index in [0.717, 1.165) is 12.1 Å². The Morgan fingerprint density at radius 1 is 1.39 bits per heavy atom. The molecule has 2 unspecified atom stereocenters. The lowest BCUT2D eigenvalue weighted by Crippen LogP contribution is -2.40. The molecular weight excluding hydrogens is 231 g/mol. The minimum atomic E-state index is -0.734. The van der Waals surface area contributed by atoms with Crippen molar-refractivity contribution in [2.75, 3.05) is 6.54 Å². The molecule has 2 atom stereocenters. The summed E-state index contributed by atoms with van der Waals surface area (Å²) in [6.07, 6.45) is 1.95. The number of nitrogens with zero attached hydrogens (tertiary/aromatic N) is 1. The van der Waals surface area contributed by atoms with Crippen LogP contribution < -0.4 is 5.32 Å². The Balaban J connectivity index is 2.50. The topological polar surface area (TPSA) is 45.1 Å². The number of halogens is 1. The van der Waals surface area contributed by atoms with Crippen LogP contribution in [0.1, 0.15) is 45.9 Å². The first-order valence-corrected chi connectivity index (χ1v) is 6.37. The van der Waals surface area contributed by atoms with Gasteiger partial charge in [0.2, 0.25) is 0 Å². The monoisotopic (exact) mass is 254 g/mol. The summed E-state index contributed by atoms with van der Waals surface area (Å²) >= 11 is 0. The third-order valence-corrected chi connectivity index (χ3v) is 2.83. The van der Waals surface area contributed by atoms with Crippen LogP contribution in [0.25, 0.3) is 0 Å². The van der Waals surface area contributed by atoms with Crippen molar-refractivity contribution in [2.45, 2.75) is 45.8 Å². The van der Waals surface area contributed by atoms with Crippen molar-refractivity contribution in [1.29, 1.82) is 0 Å². The zero-order valence-electron chi connectivity index (χ0n) is 11.6. The number of hydrogen-bond donors (Lipinski definition) is 2.